The van der Waals surface area contributed by atoms with E-state index in [1.807, 2.05) is 0 Å². The largest absolute Gasteiger partial charge is 0.497 e. The second-order valence-corrected chi connectivity index (χ2v) is 5.67. The maximum Gasteiger partial charge on any atom is 0.497 e. The Balaban J connectivity index is 2.24. The van der Waals surface area contributed by atoms with Crippen LogP contribution in [0.15, 0.2) is 0 Å². The molecule has 0 radical (unpaired) electrons. The molecule has 0 aromatic rings. The maximum absolute atomic E-state index is 11.9. The zero-order valence-electron chi connectivity index (χ0n) is 6.06. The maximum atomic E-state index is 11.9. The molecule has 12 heavy (non-hydrogen) atoms. The van der Waals surface area contributed by atoms with Crippen molar-refractivity contribution < 1.29 is 21.6 Å². The first-order chi connectivity index (χ1) is 5.30. The molecule has 2 rings (SSSR count). The summed E-state index contributed by atoms with van der Waals surface area (Å²) in [6.07, 6.45) is 1.51. The van der Waals surface area contributed by atoms with Gasteiger partial charge in [0.05, 0.1) is 5.25 Å². The zero-order valence-corrected chi connectivity index (χ0v) is 6.87. The Labute approximate surface area is 67.7 Å². The van der Waals surface area contributed by atoms with E-state index in [2.05, 4.69) is 0 Å². The summed E-state index contributed by atoms with van der Waals surface area (Å²) in [5, 5.41) is -1.12. The highest BCUT2D eigenvalue weighted by Gasteiger charge is 2.73. The Bertz CT molecular complexity index is 312. The van der Waals surface area contributed by atoms with Crippen LogP contribution >= 0.6 is 0 Å². The Kier molecular flexibility index (Phi) is 1.26. The second kappa shape index (κ2) is 1.81. The molecule has 0 aliphatic heterocycles. The van der Waals surface area contributed by atoms with Crippen LogP contribution in [0.4, 0.5) is 13.2 Å². The predicted octanol–water partition coefficient (Wildman–Crippen LogP) is 1.47. The highest BCUT2D eigenvalue weighted by molar-refractivity contribution is 7.93. The molecule has 0 aromatic heterocycles. The van der Waals surface area contributed by atoms with Gasteiger partial charge in [0.15, 0.2) is 0 Å². The molecule has 0 heterocycles. The minimum Gasteiger partial charge on any atom is -0.219 e. The van der Waals surface area contributed by atoms with Crippen LogP contribution in [0, 0.1) is 5.41 Å². The molecule has 0 saturated heterocycles. The zero-order chi connectivity index (χ0) is 9.20. The van der Waals surface area contributed by atoms with Gasteiger partial charge in [0.25, 0.3) is 9.84 Å². The average molecular weight is 200 g/mol. The van der Waals surface area contributed by atoms with Crippen molar-refractivity contribution >= 4 is 9.84 Å². The summed E-state index contributed by atoms with van der Waals surface area (Å²) in [6, 6.07) is 0. The molecule has 2 saturated carbocycles. The van der Waals surface area contributed by atoms with Crippen LogP contribution in [0.5, 0.6) is 0 Å². The van der Waals surface area contributed by atoms with Gasteiger partial charge in [-0.25, -0.2) is 8.42 Å². The fourth-order valence-corrected chi connectivity index (χ4v) is 3.37. The van der Waals surface area contributed by atoms with Gasteiger partial charge in [-0.3, -0.25) is 0 Å². The van der Waals surface area contributed by atoms with Crippen molar-refractivity contribution in [2.24, 2.45) is 5.41 Å². The number of halogens is 3. The van der Waals surface area contributed by atoms with Gasteiger partial charge >= 0.3 is 5.51 Å². The number of sulfone groups is 1. The van der Waals surface area contributed by atoms with Crippen LogP contribution in [0.1, 0.15) is 19.3 Å². The van der Waals surface area contributed by atoms with E-state index in [0.717, 1.165) is 0 Å². The Morgan fingerprint density at radius 2 is 1.75 bits per heavy atom. The van der Waals surface area contributed by atoms with Gasteiger partial charge in [-0.15, -0.1) is 0 Å². The van der Waals surface area contributed by atoms with Crippen LogP contribution in [0.25, 0.3) is 0 Å². The quantitative estimate of drug-likeness (QED) is 0.642. The van der Waals surface area contributed by atoms with Crippen LogP contribution in [-0.2, 0) is 9.84 Å². The van der Waals surface area contributed by atoms with Gasteiger partial charge < -0.3 is 0 Å². The minimum atomic E-state index is -5.05. The van der Waals surface area contributed by atoms with E-state index in [4.69, 9.17) is 0 Å². The molecule has 2 nitrogen and oxygen atoms in total. The van der Waals surface area contributed by atoms with Gasteiger partial charge in [0.2, 0.25) is 0 Å². The standard InChI is InChI=1S/C6H7F3O2S/c7-6(8,9)12(10,11)4-3-5(4)1-2-5/h4H,1-3H2. The number of rotatable bonds is 1. The van der Waals surface area contributed by atoms with Crippen molar-refractivity contribution in [2.45, 2.75) is 30.0 Å². The van der Waals surface area contributed by atoms with Gasteiger partial charge in [-0.1, -0.05) is 0 Å². The van der Waals surface area contributed by atoms with Crippen molar-refractivity contribution in [3.63, 3.8) is 0 Å². The van der Waals surface area contributed by atoms with Gasteiger partial charge in [-0.05, 0) is 24.7 Å². The summed E-state index contributed by atoms with van der Waals surface area (Å²) in [6.45, 7) is 0. The van der Waals surface area contributed by atoms with Crippen LogP contribution < -0.4 is 0 Å². The molecule has 70 valence electrons. The lowest BCUT2D eigenvalue weighted by Crippen LogP contribution is -2.28. The first kappa shape index (κ1) is 8.34. The monoisotopic (exact) mass is 200 g/mol. The Morgan fingerprint density at radius 3 is 2.00 bits per heavy atom. The van der Waals surface area contributed by atoms with Crippen LogP contribution in [0.2, 0.25) is 0 Å². The molecule has 1 atom stereocenters. The summed E-state index contributed by atoms with van der Waals surface area (Å²) < 4.78 is 57.2. The predicted molar refractivity (Wildman–Crippen MR) is 35.0 cm³/mol. The van der Waals surface area contributed by atoms with Gasteiger partial charge in [-0.2, -0.15) is 13.2 Å². The summed E-state index contributed by atoms with van der Waals surface area (Å²) >= 11 is 0. The highest BCUT2D eigenvalue weighted by Crippen LogP contribution is 2.70. The van der Waals surface area contributed by atoms with E-state index < -0.39 is 26.0 Å². The normalized spacial score (nSPS) is 32.1. The third-order valence-corrected chi connectivity index (χ3v) is 4.77. The molecular formula is C6H7F3O2S. The van der Waals surface area contributed by atoms with Crippen molar-refractivity contribution in [1.82, 2.24) is 0 Å². The summed E-state index contributed by atoms with van der Waals surface area (Å²) in [7, 11) is -4.85. The highest BCUT2D eigenvalue weighted by atomic mass is 32.2. The van der Waals surface area contributed by atoms with Gasteiger partial charge in [0.1, 0.15) is 0 Å². The van der Waals surface area contributed by atoms with Gasteiger partial charge in [0, 0.05) is 0 Å². The van der Waals surface area contributed by atoms with Crippen molar-refractivity contribution in [2.75, 3.05) is 0 Å². The number of hydrogen-bond acceptors (Lipinski definition) is 2. The molecule has 1 unspecified atom stereocenters. The van der Waals surface area contributed by atoms with Crippen molar-refractivity contribution in [3.8, 4) is 0 Å². The molecule has 2 aliphatic carbocycles. The lowest BCUT2D eigenvalue weighted by molar-refractivity contribution is -0.0438. The number of alkyl halides is 3. The lowest BCUT2D eigenvalue weighted by atomic mass is 10.4. The van der Waals surface area contributed by atoms with E-state index in [1.54, 1.807) is 0 Å². The SMILES string of the molecule is O=S(=O)(C1CC12CC2)C(F)(F)F. The number of hydrogen-bond donors (Lipinski definition) is 0. The summed E-state index contributed by atoms with van der Waals surface area (Å²) in [4.78, 5) is 0. The van der Waals surface area contributed by atoms with Crippen LogP contribution in [-0.4, -0.2) is 19.2 Å². The average Bonchev–Trinajstić information content (AvgIpc) is 2.71. The molecule has 6 heteroatoms. The smallest absolute Gasteiger partial charge is 0.219 e. The third kappa shape index (κ3) is 0.901. The first-order valence-corrected chi connectivity index (χ1v) is 5.14. The molecule has 0 amide bonds. The van der Waals surface area contributed by atoms with E-state index in [0.29, 0.717) is 12.8 Å². The first-order valence-electron chi connectivity index (χ1n) is 3.60. The van der Waals surface area contributed by atoms with Crippen molar-refractivity contribution in [1.29, 1.82) is 0 Å². The van der Waals surface area contributed by atoms with Crippen LogP contribution in [0.3, 0.4) is 0 Å². The Morgan fingerprint density at radius 1 is 1.25 bits per heavy atom. The molecule has 0 bridgehead atoms. The molecule has 2 aliphatic rings. The summed E-state index contributed by atoms with van der Waals surface area (Å²) in [5.41, 5.74) is -5.50. The fraction of sp³-hybridized carbons (Fsp3) is 1.00. The minimum absolute atomic E-state index is 0.217. The third-order valence-electron chi connectivity index (χ3n) is 2.70. The van der Waals surface area contributed by atoms with E-state index in [1.165, 1.54) is 0 Å². The fourth-order valence-electron chi connectivity index (χ4n) is 1.60. The second-order valence-electron chi connectivity index (χ2n) is 3.55. The van der Waals surface area contributed by atoms with E-state index in [-0.39, 0.29) is 6.42 Å². The molecule has 0 N–H and O–H groups in total. The lowest BCUT2D eigenvalue weighted by Gasteiger charge is -2.06. The van der Waals surface area contributed by atoms with Crippen molar-refractivity contribution in [3.05, 3.63) is 0 Å². The molecule has 2 fully saturated rings. The van der Waals surface area contributed by atoms with E-state index in [9.17, 15) is 21.6 Å². The summed E-state index contributed by atoms with van der Waals surface area (Å²) in [5.74, 6) is 0. The topological polar surface area (TPSA) is 34.1 Å². The molecule has 1 spiro atoms. The molecule has 0 aromatic carbocycles. The Hall–Kier alpha value is -0.260. The van der Waals surface area contributed by atoms with E-state index >= 15 is 0 Å². The molecular weight excluding hydrogens is 193 g/mol.